The van der Waals surface area contributed by atoms with Crippen LogP contribution in [0.1, 0.15) is 34.6 Å². The first-order valence-corrected chi connectivity index (χ1v) is 5.56. The summed E-state index contributed by atoms with van der Waals surface area (Å²) in [6.45, 7) is 14.0. The number of hydrogen-bond acceptors (Lipinski definition) is 1. The van der Waals surface area contributed by atoms with Crippen LogP contribution in [0.3, 0.4) is 0 Å². The highest BCUT2D eigenvalue weighted by molar-refractivity contribution is 6.36. The molecule has 0 aliphatic heterocycles. The SMILES string of the molecule is CCN(CC)[SiH2]C(C)(C)C. The summed E-state index contributed by atoms with van der Waals surface area (Å²) >= 11 is 0. The second kappa shape index (κ2) is 4.14. The molecular formula is C8H21NSi. The largest absolute Gasteiger partial charge is 0.329 e. The fourth-order valence-electron chi connectivity index (χ4n) is 1.12. The van der Waals surface area contributed by atoms with E-state index in [4.69, 9.17) is 0 Å². The number of rotatable bonds is 3. The summed E-state index contributed by atoms with van der Waals surface area (Å²) in [6, 6.07) is 0. The van der Waals surface area contributed by atoms with Crippen LogP contribution in [0.15, 0.2) is 0 Å². The highest BCUT2D eigenvalue weighted by Crippen LogP contribution is 2.20. The standard InChI is InChI=1S/C8H21NSi/c1-6-9(7-2)10-8(3,4)5/h6-7,10H2,1-5H3. The molecular weight excluding hydrogens is 138 g/mol. The molecule has 0 amide bonds. The fraction of sp³-hybridized carbons (Fsp3) is 1.00. The fourth-order valence-corrected chi connectivity index (χ4v) is 2.91. The lowest BCUT2D eigenvalue weighted by molar-refractivity contribution is 0.470. The molecule has 0 aromatic heterocycles. The van der Waals surface area contributed by atoms with Crippen LogP contribution in [0.2, 0.25) is 5.04 Å². The topological polar surface area (TPSA) is 3.24 Å². The van der Waals surface area contributed by atoms with Crippen molar-refractivity contribution in [1.82, 2.24) is 4.57 Å². The molecule has 0 rings (SSSR count). The maximum Gasteiger partial charge on any atom is 0.100 e. The summed E-state index contributed by atoms with van der Waals surface area (Å²) in [5, 5.41) is 0.589. The van der Waals surface area contributed by atoms with Gasteiger partial charge in [-0.05, 0) is 18.1 Å². The van der Waals surface area contributed by atoms with Crippen molar-refractivity contribution >= 4 is 9.68 Å². The van der Waals surface area contributed by atoms with E-state index in [0.29, 0.717) is 5.04 Å². The Labute approximate surface area is 67.7 Å². The molecule has 0 radical (unpaired) electrons. The molecule has 0 atom stereocenters. The van der Waals surface area contributed by atoms with Crippen molar-refractivity contribution in [3.8, 4) is 0 Å². The molecule has 0 N–H and O–H groups in total. The second-order valence-corrected chi connectivity index (χ2v) is 7.35. The molecule has 62 valence electrons. The van der Waals surface area contributed by atoms with Crippen LogP contribution < -0.4 is 0 Å². The first-order chi connectivity index (χ1) is 4.49. The molecule has 2 heteroatoms. The summed E-state index contributed by atoms with van der Waals surface area (Å²) in [4.78, 5) is 0. The number of nitrogens with zero attached hydrogens (tertiary/aromatic N) is 1. The maximum absolute atomic E-state index is 2.60. The first-order valence-electron chi connectivity index (χ1n) is 4.22. The maximum atomic E-state index is 2.60. The van der Waals surface area contributed by atoms with Gasteiger partial charge in [0.2, 0.25) is 0 Å². The average molecular weight is 159 g/mol. The van der Waals surface area contributed by atoms with Gasteiger partial charge < -0.3 is 4.57 Å². The Balaban J connectivity index is 3.63. The van der Waals surface area contributed by atoms with Crippen molar-refractivity contribution < 1.29 is 0 Å². The van der Waals surface area contributed by atoms with Crippen molar-refractivity contribution in [2.24, 2.45) is 0 Å². The van der Waals surface area contributed by atoms with E-state index in [-0.39, 0.29) is 9.68 Å². The lowest BCUT2D eigenvalue weighted by Crippen LogP contribution is -2.32. The Morgan fingerprint density at radius 3 is 1.60 bits per heavy atom. The van der Waals surface area contributed by atoms with Gasteiger partial charge in [0.05, 0.1) is 0 Å². The predicted molar refractivity (Wildman–Crippen MR) is 51.2 cm³/mol. The van der Waals surface area contributed by atoms with Crippen molar-refractivity contribution in [3.05, 3.63) is 0 Å². The van der Waals surface area contributed by atoms with E-state index in [1.807, 2.05) is 0 Å². The van der Waals surface area contributed by atoms with Gasteiger partial charge in [0.1, 0.15) is 9.68 Å². The Hall–Kier alpha value is 0.177. The third-order valence-electron chi connectivity index (χ3n) is 1.59. The highest BCUT2D eigenvalue weighted by atomic mass is 28.2. The van der Waals surface area contributed by atoms with E-state index in [1.165, 1.54) is 13.1 Å². The smallest absolute Gasteiger partial charge is 0.100 e. The third-order valence-corrected chi connectivity index (χ3v) is 3.88. The van der Waals surface area contributed by atoms with E-state index >= 15 is 0 Å². The van der Waals surface area contributed by atoms with Crippen LogP contribution in [-0.2, 0) is 0 Å². The van der Waals surface area contributed by atoms with Gasteiger partial charge in [0.25, 0.3) is 0 Å². The summed E-state index contributed by atoms with van der Waals surface area (Å²) in [7, 11) is -0.00309. The molecule has 0 unspecified atom stereocenters. The highest BCUT2D eigenvalue weighted by Gasteiger charge is 2.14. The van der Waals surface area contributed by atoms with E-state index in [9.17, 15) is 0 Å². The van der Waals surface area contributed by atoms with Gasteiger partial charge in [-0.3, -0.25) is 0 Å². The zero-order chi connectivity index (χ0) is 8.20. The molecule has 0 saturated carbocycles. The Kier molecular flexibility index (Phi) is 4.21. The van der Waals surface area contributed by atoms with Gasteiger partial charge in [0, 0.05) is 0 Å². The Bertz CT molecular complexity index is 81.7. The molecule has 0 saturated heterocycles. The van der Waals surface area contributed by atoms with Crippen LogP contribution in [0.5, 0.6) is 0 Å². The van der Waals surface area contributed by atoms with Gasteiger partial charge in [-0.15, -0.1) is 0 Å². The zero-order valence-corrected chi connectivity index (χ0v) is 9.48. The normalized spacial score (nSPS) is 13.8. The van der Waals surface area contributed by atoms with Crippen LogP contribution in [0, 0.1) is 0 Å². The Morgan fingerprint density at radius 2 is 1.50 bits per heavy atom. The summed E-state index contributed by atoms with van der Waals surface area (Å²) in [5.74, 6) is 0. The van der Waals surface area contributed by atoms with Gasteiger partial charge in [0.15, 0.2) is 0 Å². The van der Waals surface area contributed by atoms with Crippen LogP contribution in [0.25, 0.3) is 0 Å². The lowest BCUT2D eigenvalue weighted by Gasteiger charge is -2.26. The van der Waals surface area contributed by atoms with E-state index in [0.717, 1.165) is 0 Å². The summed E-state index contributed by atoms with van der Waals surface area (Å²) in [5.41, 5.74) is 0. The molecule has 0 aliphatic carbocycles. The lowest BCUT2D eigenvalue weighted by atomic mass is 10.3. The van der Waals surface area contributed by atoms with Crippen LogP contribution in [0.4, 0.5) is 0 Å². The average Bonchev–Trinajstić information content (AvgIpc) is 1.81. The molecule has 0 heterocycles. The van der Waals surface area contributed by atoms with Gasteiger partial charge in [-0.2, -0.15) is 0 Å². The zero-order valence-electron chi connectivity index (χ0n) is 8.07. The summed E-state index contributed by atoms with van der Waals surface area (Å²) in [6.07, 6.45) is 0. The van der Waals surface area contributed by atoms with Crippen LogP contribution >= 0.6 is 0 Å². The van der Waals surface area contributed by atoms with Crippen LogP contribution in [-0.4, -0.2) is 27.3 Å². The minimum Gasteiger partial charge on any atom is -0.329 e. The summed E-state index contributed by atoms with van der Waals surface area (Å²) < 4.78 is 2.60. The van der Waals surface area contributed by atoms with Crippen molar-refractivity contribution in [2.75, 3.05) is 13.1 Å². The van der Waals surface area contributed by atoms with E-state index in [1.54, 1.807) is 0 Å². The third kappa shape index (κ3) is 5.00. The predicted octanol–water partition coefficient (Wildman–Crippen LogP) is 1.63. The Morgan fingerprint density at radius 1 is 1.10 bits per heavy atom. The molecule has 0 spiro atoms. The van der Waals surface area contributed by atoms with Gasteiger partial charge in [-0.25, -0.2) is 0 Å². The van der Waals surface area contributed by atoms with Gasteiger partial charge >= 0.3 is 0 Å². The van der Waals surface area contributed by atoms with Crippen molar-refractivity contribution in [1.29, 1.82) is 0 Å². The van der Waals surface area contributed by atoms with Crippen molar-refractivity contribution in [2.45, 2.75) is 39.7 Å². The monoisotopic (exact) mass is 159 g/mol. The second-order valence-electron chi connectivity index (χ2n) is 4.02. The van der Waals surface area contributed by atoms with E-state index in [2.05, 4.69) is 39.2 Å². The van der Waals surface area contributed by atoms with Crippen molar-refractivity contribution in [3.63, 3.8) is 0 Å². The molecule has 1 nitrogen and oxygen atoms in total. The quantitative estimate of drug-likeness (QED) is 0.566. The van der Waals surface area contributed by atoms with E-state index < -0.39 is 0 Å². The number of hydrogen-bond donors (Lipinski definition) is 0. The molecule has 0 aliphatic rings. The van der Waals surface area contributed by atoms with Gasteiger partial charge in [-0.1, -0.05) is 34.6 Å². The molecule has 0 aromatic carbocycles. The minimum absolute atomic E-state index is 0.00309. The molecule has 0 fully saturated rings. The first kappa shape index (κ1) is 10.2. The minimum atomic E-state index is -0.00309. The molecule has 0 bridgehead atoms. The molecule has 0 aromatic rings. The molecule has 10 heavy (non-hydrogen) atoms.